The fourth-order valence-electron chi connectivity index (χ4n) is 3.88. The highest BCUT2D eigenvalue weighted by Gasteiger charge is 2.39. The topological polar surface area (TPSA) is 83.8 Å². The number of carbonyl (C=O) groups excluding carboxylic acids is 2. The van der Waals surface area contributed by atoms with E-state index in [1.54, 1.807) is 12.2 Å². The van der Waals surface area contributed by atoms with Gasteiger partial charge in [-0.2, -0.15) is 0 Å². The van der Waals surface area contributed by atoms with Gasteiger partial charge in [0.15, 0.2) is 0 Å². The molecular weight excluding hydrogens is 356 g/mol. The Hall–Kier alpha value is -1.46. The van der Waals surface area contributed by atoms with Crippen LogP contribution in [0.15, 0.2) is 24.3 Å². The molecule has 0 spiro atoms. The van der Waals surface area contributed by atoms with Gasteiger partial charge >= 0.3 is 5.97 Å². The predicted octanol–water partition coefficient (Wildman–Crippen LogP) is 3.98. The average molecular weight is 395 g/mol. The SMILES string of the molecule is CCCCC(C)C[C@H](O)/C=C/[C@@H]1C(CCCC/C=C/C(=O)OC)C(=O)C[C@H]1O. The molecule has 28 heavy (non-hydrogen) atoms. The van der Waals surface area contributed by atoms with Gasteiger partial charge in [-0.3, -0.25) is 4.79 Å². The lowest BCUT2D eigenvalue weighted by Gasteiger charge is -2.18. The predicted molar refractivity (Wildman–Crippen MR) is 111 cm³/mol. The molecule has 1 aliphatic carbocycles. The molecule has 5 atom stereocenters. The van der Waals surface area contributed by atoms with E-state index in [2.05, 4.69) is 18.6 Å². The summed E-state index contributed by atoms with van der Waals surface area (Å²) in [5.41, 5.74) is 0. The van der Waals surface area contributed by atoms with Crippen molar-refractivity contribution in [2.45, 2.75) is 83.8 Å². The molecule has 0 amide bonds. The van der Waals surface area contributed by atoms with Crippen molar-refractivity contribution in [1.29, 1.82) is 0 Å². The summed E-state index contributed by atoms with van der Waals surface area (Å²) in [5, 5.41) is 20.5. The van der Waals surface area contributed by atoms with Crippen LogP contribution in [0, 0.1) is 17.8 Å². The normalized spacial score (nSPS) is 24.9. The van der Waals surface area contributed by atoms with Gasteiger partial charge in [-0.15, -0.1) is 0 Å². The molecule has 0 bridgehead atoms. The van der Waals surface area contributed by atoms with Crippen molar-refractivity contribution < 1.29 is 24.5 Å². The zero-order valence-corrected chi connectivity index (χ0v) is 17.7. The van der Waals surface area contributed by atoms with E-state index >= 15 is 0 Å². The van der Waals surface area contributed by atoms with E-state index < -0.39 is 12.2 Å². The molecule has 1 saturated carbocycles. The molecule has 2 unspecified atom stereocenters. The van der Waals surface area contributed by atoms with Crippen molar-refractivity contribution in [1.82, 2.24) is 0 Å². The van der Waals surface area contributed by atoms with Crippen molar-refractivity contribution in [2.24, 2.45) is 17.8 Å². The maximum absolute atomic E-state index is 12.3. The van der Waals surface area contributed by atoms with Gasteiger partial charge in [0.25, 0.3) is 0 Å². The summed E-state index contributed by atoms with van der Waals surface area (Å²) in [5.74, 6) is -0.178. The Balaban J connectivity index is 2.46. The van der Waals surface area contributed by atoms with E-state index in [0.29, 0.717) is 12.3 Å². The maximum Gasteiger partial charge on any atom is 0.330 e. The second-order valence-electron chi connectivity index (χ2n) is 8.07. The first kappa shape index (κ1) is 24.6. The number of carbonyl (C=O) groups is 2. The summed E-state index contributed by atoms with van der Waals surface area (Å²) in [7, 11) is 1.35. The zero-order chi connectivity index (χ0) is 20.9. The van der Waals surface area contributed by atoms with Gasteiger partial charge in [-0.25, -0.2) is 4.79 Å². The van der Waals surface area contributed by atoms with Gasteiger partial charge < -0.3 is 14.9 Å². The number of hydrogen-bond acceptors (Lipinski definition) is 5. The van der Waals surface area contributed by atoms with Gasteiger partial charge in [0.05, 0.1) is 19.3 Å². The largest absolute Gasteiger partial charge is 0.466 e. The second-order valence-corrected chi connectivity index (χ2v) is 8.07. The Kier molecular flexibility index (Phi) is 12.0. The number of methoxy groups -OCH3 is 1. The van der Waals surface area contributed by atoms with Gasteiger partial charge in [0.2, 0.25) is 0 Å². The average Bonchev–Trinajstić information content (AvgIpc) is 2.93. The molecule has 1 rings (SSSR count). The fourth-order valence-corrected chi connectivity index (χ4v) is 3.88. The van der Waals surface area contributed by atoms with Crippen molar-refractivity contribution in [3.63, 3.8) is 0 Å². The number of aliphatic hydroxyl groups is 2. The van der Waals surface area contributed by atoms with Crippen LogP contribution in [0.1, 0.15) is 71.6 Å². The van der Waals surface area contributed by atoms with Crippen LogP contribution in [0.25, 0.3) is 0 Å². The van der Waals surface area contributed by atoms with E-state index in [1.807, 2.05) is 6.08 Å². The number of hydrogen-bond donors (Lipinski definition) is 2. The van der Waals surface area contributed by atoms with Gasteiger partial charge in [0.1, 0.15) is 5.78 Å². The molecule has 0 saturated heterocycles. The lowest BCUT2D eigenvalue weighted by molar-refractivity contribution is -0.134. The summed E-state index contributed by atoms with van der Waals surface area (Å²) in [6, 6.07) is 0. The summed E-state index contributed by atoms with van der Waals surface area (Å²) in [6.07, 6.45) is 13.2. The number of allylic oxidation sites excluding steroid dienone is 1. The van der Waals surface area contributed by atoms with E-state index in [9.17, 15) is 19.8 Å². The molecular formula is C23H38O5. The van der Waals surface area contributed by atoms with E-state index in [-0.39, 0.29) is 30.0 Å². The highest BCUT2D eigenvalue weighted by atomic mass is 16.5. The molecule has 0 radical (unpaired) electrons. The molecule has 1 fully saturated rings. The zero-order valence-electron chi connectivity index (χ0n) is 17.7. The number of Topliss-reactive ketones (excluding diaryl/α,β-unsaturated/α-hetero) is 1. The van der Waals surface area contributed by atoms with E-state index in [1.165, 1.54) is 19.6 Å². The van der Waals surface area contributed by atoms with E-state index in [4.69, 9.17) is 0 Å². The molecule has 0 aromatic carbocycles. The minimum atomic E-state index is -0.655. The van der Waals surface area contributed by atoms with Crippen LogP contribution < -0.4 is 0 Å². The molecule has 1 aliphatic rings. The molecule has 0 aromatic rings. The van der Waals surface area contributed by atoms with Crippen LogP contribution in [-0.2, 0) is 14.3 Å². The van der Waals surface area contributed by atoms with Gasteiger partial charge in [-0.1, -0.05) is 57.8 Å². The quantitative estimate of drug-likeness (QED) is 0.214. The summed E-state index contributed by atoms with van der Waals surface area (Å²) in [6.45, 7) is 4.31. The number of aliphatic hydroxyl groups excluding tert-OH is 2. The Labute approximate surface area is 169 Å². The van der Waals surface area contributed by atoms with Crippen molar-refractivity contribution in [3.05, 3.63) is 24.3 Å². The smallest absolute Gasteiger partial charge is 0.330 e. The number of rotatable bonds is 13. The molecule has 160 valence electrons. The van der Waals surface area contributed by atoms with Crippen LogP contribution in [-0.4, -0.2) is 41.3 Å². The molecule has 2 N–H and O–H groups in total. The minimum absolute atomic E-state index is 0.109. The van der Waals surface area contributed by atoms with Crippen LogP contribution in [0.3, 0.4) is 0 Å². The molecule has 5 heteroatoms. The van der Waals surface area contributed by atoms with Crippen molar-refractivity contribution in [2.75, 3.05) is 7.11 Å². The summed E-state index contributed by atoms with van der Waals surface area (Å²) in [4.78, 5) is 23.3. The lowest BCUT2D eigenvalue weighted by Crippen LogP contribution is -2.19. The molecule has 0 heterocycles. The fraction of sp³-hybridized carbons (Fsp3) is 0.739. The highest BCUT2D eigenvalue weighted by Crippen LogP contribution is 2.34. The molecule has 0 aromatic heterocycles. The third-order valence-electron chi connectivity index (χ3n) is 5.57. The Morgan fingerprint density at radius 2 is 2.07 bits per heavy atom. The third-order valence-corrected chi connectivity index (χ3v) is 5.57. The third kappa shape index (κ3) is 9.16. The standard InChI is InChI=1S/C23H38O5/c1-4-5-10-17(2)15-18(24)13-14-20-19(21(25)16-22(20)26)11-8-6-7-9-12-23(27)28-3/h9,12-14,17-20,22,24,26H,4-8,10-11,15-16H2,1-3H3/b12-9+,14-13+/t17?,18-,19?,20-,22-/m1/s1. The van der Waals surface area contributed by atoms with Crippen LogP contribution in [0.2, 0.25) is 0 Å². The summed E-state index contributed by atoms with van der Waals surface area (Å²) >= 11 is 0. The minimum Gasteiger partial charge on any atom is -0.466 e. The van der Waals surface area contributed by atoms with Gasteiger partial charge in [0, 0.05) is 24.3 Å². The Morgan fingerprint density at radius 3 is 2.75 bits per heavy atom. The van der Waals surface area contributed by atoms with Crippen LogP contribution >= 0.6 is 0 Å². The number of ketones is 1. The highest BCUT2D eigenvalue weighted by molar-refractivity contribution is 5.84. The Bertz CT molecular complexity index is 525. The first-order chi connectivity index (χ1) is 13.4. The van der Waals surface area contributed by atoms with E-state index in [0.717, 1.165) is 38.5 Å². The van der Waals surface area contributed by atoms with Crippen molar-refractivity contribution >= 4 is 11.8 Å². The van der Waals surface area contributed by atoms with Crippen molar-refractivity contribution in [3.8, 4) is 0 Å². The number of esters is 1. The molecule has 5 nitrogen and oxygen atoms in total. The van der Waals surface area contributed by atoms with Gasteiger partial charge in [-0.05, 0) is 31.6 Å². The maximum atomic E-state index is 12.3. The van der Waals surface area contributed by atoms with Crippen LogP contribution in [0.4, 0.5) is 0 Å². The van der Waals surface area contributed by atoms with Crippen LogP contribution in [0.5, 0.6) is 0 Å². The lowest BCUT2D eigenvalue weighted by atomic mass is 9.88. The first-order valence-electron chi connectivity index (χ1n) is 10.7. The Morgan fingerprint density at radius 1 is 1.32 bits per heavy atom. The summed E-state index contributed by atoms with van der Waals surface area (Å²) < 4.78 is 4.54. The second kappa shape index (κ2) is 13.7. The monoisotopic (exact) mass is 394 g/mol. The first-order valence-corrected chi connectivity index (χ1v) is 10.7. The number of ether oxygens (including phenoxy) is 1. The number of unbranched alkanes of at least 4 members (excludes halogenated alkanes) is 3. The molecule has 0 aliphatic heterocycles.